The average molecular weight is 195 g/mol. The summed E-state index contributed by atoms with van der Waals surface area (Å²) in [5.41, 5.74) is -0.157. The number of nitrogens with zero attached hydrogens (tertiary/aromatic N) is 2. The molecule has 0 aliphatic rings. The van der Waals surface area contributed by atoms with Crippen molar-refractivity contribution in [1.82, 2.24) is 14.9 Å². The molecular weight excluding hydrogens is 178 g/mol. The maximum atomic E-state index is 11.6. The van der Waals surface area contributed by atoms with Gasteiger partial charge in [0, 0.05) is 17.9 Å². The standard InChI is InChI=1S/C10H17N3O/c1-4-5-10(2,3)12-9(14)13-7-6-11-8-13/h6-8H,4-5H2,1-3H3,(H,12,14). The van der Waals surface area contributed by atoms with E-state index in [-0.39, 0.29) is 11.6 Å². The number of amides is 1. The Labute approximate surface area is 84.3 Å². The molecule has 1 N–H and O–H groups in total. The van der Waals surface area contributed by atoms with Gasteiger partial charge in [-0.15, -0.1) is 0 Å². The normalized spacial score (nSPS) is 11.4. The second-order valence-corrected chi connectivity index (χ2v) is 4.03. The summed E-state index contributed by atoms with van der Waals surface area (Å²) in [7, 11) is 0. The fourth-order valence-electron chi connectivity index (χ4n) is 1.42. The molecule has 1 rings (SSSR count). The number of carbonyl (C=O) groups excluding carboxylic acids is 1. The zero-order valence-corrected chi connectivity index (χ0v) is 8.95. The first-order valence-electron chi connectivity index (χ1n) is 4.85. The second-order valence-electron chi connectivity index (χ2n) is 4.03. The molecule has 0 atom stereocenters. The third-order valence-corrected chi connectivity index (χ3v) is 2.06. The average Bonchev–Trinajstić information content (AvgIpc) is 2.53. The summed E-state index contributed by atoms with van der Waals surface area (Å²) in [5, 5.41) is 2.94. The number of hydrogen-bond donors (Lipinski definition) is 1. The first kappa shape index (κ1) is 10.8. The van der Waals surface area contributed by atoms with Crippen molar-refractivity contribution in [2.45, 2.75) is 39.2 Å². The molecule has 14 heavy (non-hydrogen) atoms. The molecule has 0 saturated heterocycles. The minimum Gasteiger partial charge on any atom is -0.333 e. The molecule has 0 spiro atoms. The Morgan fingerprint density at radius 3 is 2.79 bits per heavy atom. The Bertz CT molecular complexity index is 290. The quantitative estimate of drug-likeness (QED) is 0.802. The largest absolute Gasteiger partial charge is 0.333 e. The van der Waals surface area contributed by atoms with Gasteiger partial charge in [0.15, 0.2) is 0 Å². The summed E-state index contributed by atoms with van der Waals surface area (Å²) >= 11 is 0. The van der Waals surface area contributed by atoms with Crippen molar-refractivity contribution >= 4 is 6.03 Å². The van der Waals surface area contributed by atoms with Crippen LogP contribution in [0.25, 0.3) is 0 Å². The van der Waals surface area contributed by atoms with Crippen LogP contribution in [0, 0.1) is 0 Å². The van der Waals surface area contributed by atoms with Gasteiger partial charge in [0.1, 0.15) is 6.33 Å². The highest BCUT2D eigenvalue weighted by molar-refractivity contribution is 5.77. The number of hydrogen-bond acceptors (Lipinski definition) is 2. The summed E-state index contributed by atoms with van der Waals surface area (Å²) in [5.74, 6) is 0. The van der Waals surface area contributed by atoms with Gasteiger partial charge in [-0.05, 0) is 20.3 Å². The van der Waals surface area contributed by atoms with Gasteiger partial charge in [-0.3, -0.25) is 4.57 Å². The van der Waals surface area contributed by atoms with Gasteiger partial charge < -0.3 is 5.32 Å². The highest BCUT2D eigenvalue weighted by atomic mass is 16.2. The van der Waals surface area contributed by atoms with E-state index < -0.39 is 0 Å². The second kappa shape index (κ2) is 4.26. The van der Waals surface area contributed by atoms with E-state index in [1.165, 1.54) is 10.9 Å². The summed E-state index contributed by atoms with van der Waals surface area (Å²) in [6.07, 6.45) is 6.74. The maximum Gasteiger partial charge on any atom is 0.327 e. The number of nitrogens with one attached hydrogen (secondary N) is 1. The fraction of sp³-hybridized carbons (Fsp3) is 0.600. The van der Waals surface area contributed by atoms with Crippen LogP contribution in [0.4, 0.5) is 4.79 Å². The van der Waals surface area contributed by atoms with E-state index in [1.54, 1.807) is 12.4 Å². The zero-order valence-electron chi connectivity index (χ0n) is 8.95. The molecule has 1 aromatic rings. The Morgan fingerprint density at radius 2 is 2.29 bits per heavy atom. The molecule has 0 bridgehead atoms. The lowest BCUT2D eigenvalue weighted by molar-refractivity contribution is 0.229. The first-order valence-corrected chi connectivity index (χ1v) is 4.85. The molecule has 0 saturated carbocycles. The van der Waals surface area contributed by atoms with E-state index in [2.05, 4.69) is 17.2 Å². The predicted molar refractivity (Wildman–Crippen MR) is 55.1 cm³/mol. The molecule has 4 nitrogen and oxygen atoms in total. The number of rotatable bonds is 3. The van der Waals surface area contributed by atoms with Gasteiger partial charge in [-0.2, -0.15) is 0 Å². The summed E-state index contributed by atoms with van der Waals surface area (Å²) in [6.45, 7) is 6.14. The van der Waals surface area contributed by atoms with Crippen molar-refractivity contribution in [3.63, 3.8) is 0 Å². The Morgan fingerprint density at radius 1 is 1.57 bits per heavy atom. The molecule has 1 aromatic heterocycles. The molecule has 0 radical (unpaired) electrons. The van der Waals surface area contributed by atoms with E-state index >= 15 is 0 Å². The van der Waals surface area contributed by atoms with Gasteiger partial charge in [0.2, 0.25) is 0 Å². The van der Waals surface area contributed by atoms with Crippen LogP contribution < -0.4 is 5.32 Å². The third-order valence-electron chi connectivity index (χ3n) is 2.06. The van der Waals surface area contributed by atoms with Crippen molar-refractivity contribution in [1.29, 1.82) is 0 Å². The number of imidazole rings is 1. The van der Waals surface area contributed by atoms with E-state index in [1.807, 2.05) is 13.8 Å². The Kier molecular flexibility index (Phi) is 3.28. The highest BCUT2D eigenvalue weighted by Gasteiger charge is 2.19. The molecule has 0 aliphatic carbocycles. The first-order chi connectivity index (χ1) is 6.55. The molecular formula is C10H17N3O. The van der Waals surface area contributed by atoms with Gasteiger partial charge in [-0.25, -0.2) is 9.78 Å². The highest BCUT2D eigenvalue weighted by Crippen LogP contribution is 2.10. The lowest BCUT2D eigenvalue weighted by Crippen LogP contribution is -2.44. The van der Waals surface area contributed by atoms with E-state index in [0.717, 1.165) is 12.8 Å². The van der Waals surface area contributed by atoms with Gasteiger partial charge in [-0.1, -0.05) is 13.3 Å². The van der Waals surface area contributed by atoms with Gasteiger partial charge in [0.05, 0.1) is 0 Å². The van der Waals surface area contributed by atoms with Gasteiger partial charge >= 0.3 is 6.03 Å². The molecule has 4 heteroatoms. The third kappa shape index (κ3) is 2.87. The van der Waals surface area contributed by atoms with Gasteiger partial charge in [0.25, 0.3) is 0 Å². The fourth-order valence-corrected chi connectivity index (χ4v) is 1.42. The lowest BCUT2D eigenvalue weighted by atomic mass is 9.99. The molecule has 0 aromatic carbocycles. The number of aromatic nitrogens is 2. The topological polar surface area (TPSA) is 46.9 Å². The molecule has 0 aliphatic heterocycles. The van der Waals surface area contributed by atoms with E-state index in [0.29, 0.717) is 0 Å². The van der Waals surface area contributed by atoms with Crippen molar-refractivity contribution in [3.05, 3.63) is 18.7 Å². The molecule has 1 amide bonds. The monoisotopic (exact) mass is 195 g/mol. The summed E-state index contributed by atoms with van der Waals surface area (Å²) in [4.78, 5) is 15.4. The lowest BCUT2D eigenvalue weighted by Gasteiger charge is -2.25. The van der Waals surface area contributed by atoms with Crippen molar-refractivity contribution in [3.8, 4) is 0 Å². The Balaban J connectivity index is 2.57. The van der Waals surface area contributed by atoms with Crippen molar-refractivity contribution in [2.24, 2.45) is 0 Å². The van der Waals surface area contributed by atoms with Crippen LogP contribution in [0.2, 0.25) is 0 Å². The van der Waals surface area contributed by atoms with Crippen LogP contribution in [-0.2, 0) is 0 Å². The molecule has 78 valence electrons. The molecule has 1 heterocycles. The molecule has 0 fully saturated rings. The van der Waals surface area contributed by atoms with Crippen molar-refractivity contribution < 1.29 is 4.79 Å². The SMILES string of the molecule is CCCC(C)(C)NC(=O)n1ccnc1. The predicted octanol–water partition coefficient (Wildman–Crippen LogP) is 2.02. The minimum atomic E-state index is -0.157. The summed E-state index contributed by atoms with van der Waals surface area (Å²) < 4.78 is 1.44. The summed E-state index contributed by atoms with van der Waals surface area (Å²) in [6, 6.07) is -0.124. The maximum absolute atomic E-state index is 11.6. The van der Waals surface area contributed by atoms with Crippen LogP contribution in [0.3, 0.4) is 0 Å². The van der Waals surface area contributed by atoms with Crippen LogP contribution in [0.15, 0.2) is 18.7 Å². The van der Waals surface area contributed by atoms with Crippen LogP contribution in [-0.4, -0.2) is 21.1 Å². The smallest absolute Gasteiger partial charge is 0.327 e. The number of carbonyl (C=O) groups is 1. The molecule has 0 unspecified atom stereocenters. The van der Waals surface area contributed by atoms with E-state index in [4.69, 9.17) is 0 Å². The van der Waals surface area contributed by atoms with Crippen LogP contribution in [0.1, 0.15) is 33.6 Å². The Hall–Kier alpha value is -1.32. The van der Waals surface area contributed by atoms with E-state index in [9.17, 15) is 4.79 Å². The van der Waals surface area contributed by atoms with Crippen LogP contribution >= 0.6 is 0 Å². The van der Waals surface area contributed by atoms with Crippen molar-refractivity contribution in [2.75, 3.05) is 0 Å². The zero-order chi connectivity index (χ0) is 10.6. The minimum absolute atomic E-state index is 0.124. The van der Waals surface area contributed by atoms with Crippen LogP contribution in [0.5, 0.6) is 0 Å².